The van der Waals surface area contributed by atoms with Crippen molar-refractivity contribution in [3.8, 4) is 11.3 Å². The number of halogens is 1. The molecule has 0 bridgehead atoms. The van der Waals surface area contributed by atoms with Crippen LogP contribution in [-0.4, -0.2) is 17.7 Å². The molecule has 0 aliphatic heterocycles. The maximum atomic E-state index is 14.0. The number of aliphatic imine (C=N–C) groups is 1. The molecule has 1 heterocycles. The van der Waals surface area contributed by atoms with E-state index in [4.69, 9.17) is 5.73 Å². The highest BCUT2D eigenvalue weighted by molar-refractivity contribution is 6.11. The van der Waals surface area contributed by atoms with Gasteiger partial charge in [-0.25, -0.2) is 4.98 Å². The van der Waals surface area contributed by atoms with Gasteiger partial charge in [0.25, 0.3) is 0 Å². The van der Waals surface area contributed by atoms with E-state index in [1.807, 2.05) is 37.3 Å². The summed E-state index contributed by atoms with van der Waals surface area (Å²) in [6.07, 6.45) is 13.5. The minimum atomic E-state index is -0.520. The number of aryl methyl sites for hydroxylation is 1. The van der Waals surface area contributed by atoms with Crippen LogP contribution in [0.3, 0.4) is 0 Å². The van der Waals surface area contributed by atoms with Gasteiger partial charge in [0.2, 0.25) is 5.95 Å². The number of pyridine rings is 1. The number of rotatable bonds is 9. The highest BCUT2D eigenvalue weighted by Gasteiger charge is 2.12. The number of hydrogen-bond acceptors (Lipinski definition) is 3. The third-order valence-corrected chi connectivity index (χ3v) is 4.72. The summed E-state index contributed by atoms with van der Waals surface area (Å²) in [4.78, 5) is 8.66. The van der Waals surface area contributed by atoms with E-state index in [0.717, 1.165) is 47.2 Å². The van der Waals surface area contributed by atoms with Crippen molar-refractivity contribution in [1.82, 2.24) is 4.98 Å². The molecule has 2 rings (SSSR count). The first kappa shape index (κ1) is 23.3. The van der Waals surface area contributed by atoms with Crippen molar-refractivity contribution in [3.05, 3.63) is 77.4 Å². The monoisotopic (exact) mass is 405 g/mol. The number of hydrogen-bond donors (Lipinski definition) is 1. The maximum Gasteiger partial charge on any atom is 0.213 e. The van der Waals surface area contributed by atoms with Gasteiger partial charge < -0.3 is 5.73 Å². The lowest BCUT2D eigenvalue weighted by Gasteiger charge is -2.11. The van der Waals surface area contributed by atoms with Crippen molar-refractivity contribution in [2.75, 3.05) is 6.54 Å². The Kier molecular flexibility index (Phi) is 9.20. The number of allylic oxidation sites excluding steroid dienone is 4. The second kappa shape index (κ2) is 11.9. The van der Waals surface area contributed by atoms with Crippen molar-refractivity contribution >= 4 is 17.9 Å². The predicted molar refractivity (Wildman–Crippen MR) is 128 cm³/mol. The van der Waals surface area contributed by atoms with Crippen LogP contribution in [0.4, 0.5) is 4.39 Å². The topological polar surface area (TPSA) is 51.3 Å². The lowest BCUT2D eigenvalue weighted by Crippen LogP contribution is -2.00. The quantitative estimate of drug-likeness (QED) is 0.290. The van der Waals surface area contributed by atoms with Gasteiger partial charge >= 0.3 is 0 Å². The molecular formula is C26H32FN3. The van der Waals surface area contributed by atoms with Gasteiger partial charge in [0.1, 0.15) is 0 Å². The summed E-state index contributed by atoms with van der Waals surface area (Å²) in [5.74, 6) is 0.0664. The fourth-order valence-corrected chi connectivity index (χ4v) is 2.97. The second-order valence-corrected chi connectivity index (χ2v) is 7.64. The Bertz CT molecular complexity index is 953. The van der Waals surface area contributed by atoms with E-state index in [2.05, 4.69) is 42.9 Å². The summed E-state index contributed by atoms with van der Waals surface area (Å²) in [6.45, 7) is 9.20. The molecule has 0 unspecified atom stereocenters. The van der Waals surface area contributed by atoms with Crippen LogP contribution in [0.5, 0.6) is 0 Å². The Balaban J connectivity index is 2.38. The summed E-state index contributed by atoms with van der Waals surface area (Å²) in [5.41, 5.74) is 11.0. The molecule has 0 saturated carbocycles. The van der Waals surface area contributed by atoms with Crippen molar-refractivity contribution in [1.29, 1.82) is 0 Å². The normalized spacial score (nSPS) is 12.8. The predicted octanol–water partition coefficient (Wildman–Crippen LogP) is 6.59. The molecule has 0 radical (unpaired) electrons. The summed E-state index contributed by atoms with van der Waals surface area (Å²) in [6, 6.07) is 9.09. The molecule has 0 saturated heterocycles. The molecular weight excluding hydrogens is 373 g/mol. The van der Waals surface area contributed by atoms with Gasteiger partial charge in [0, 0.05) is 35.7 Å². The van der Waals surface area contributed by atoms with Crippen LogP contribution in [0, 0.1) is 18.8 Å². The van der Waals surface area contributed by atoms with E-state index in [1.165, 1.54) is 12.3 Å². The SMILES string of the molecule is CC/C=C/C=C\c1ccc(-c2nc(F)ccc2/C(C=NCCC(C)C)=C/N)cc1C. The smallest absolute Gasteiger partial charge is 0.213 e. The van der Waals surface area contributed by atoms with Crippen LogP contribution in [0.15, 0.2) is 59.8 Å². The van der Waals surface area contributed by atoms with Crippen molar-refractivity contribution in [3.63, 3.8) is 0 Å². The Morgan fingerprint density at radius 1 is 1.20 bits per heavy atom. The molecule has 0 fully saturated rings. The molecule has 0 spiro atoms. The third kappa shape index (κ3) is 6.80. The van der Waals surface area contributed by atoms with E-state index < -0.39 is 5.95 Å². The van der Waals surface area contributed by atoms with Crippen molar-refractivity contribution < 1.29 is 4.39 Å². The van der Waals surface area contributed by atoms with E-state index in [0.29, 0.717) is 11.6 Å². The molecule has 3 nitrogen and oxygen atoms in total. The van der Waals surface area contributed by atoms with E-state index in [1.54, 1.807) is 12.3 Å². The number of nitrogens with two attached hydrogens (primary N) is 1. The minimum absolute atomic E-state index is 0.520. The molecule has 0 atom stereocenters. The zero-order chi connectivity index (χ0) is 21.9. The van der Waals surface area contributed by atoms with Crippen LogP contribution >= 0.6 is 0 Å². The lowest BCUT2D eigenvalue weighted by atomic mass is 9.97. The molecule has 0 aliphatic rings. The number of benzene rings is 1. The third-order valence-electron chi connectivity index (χ3n) is 4.72. The van der Waals surface area contributed by atoms with Crippen LogP contribution in [-0.2, 0) is 0 Å². The summed E-state index contributed by atoms with van der Waals surface area (Å²) < 4.78 is 14.0. The Morgan fingerprint density at radius 3 is 2.67 bits per heavy atom. The Hall–Kier alpha value is -3.01. The molecule has 30 heavy (non-hydrogen) atoms. The molecule has 4 heteroatoms. The maximum absolute atomic E-state index is 14.0. The first-order valence-electron chi connectivity index (χ1n) is 10.5. The van der Waals surface area contributed by atoms with Gasteiger partial charge in [-0.15, -0.1) is 0 Å². The fraction of sp³-hybridized carbons (Fsp3) is 0.308. The second-order valence-electron chi connectivity index (χ2n) is 7.64. The van der Waals surface area contributed by atoms with Gasteiger partial charge in [0.15, 0.2) is 0 Å². The minimum Gasteiger partial charge on any atom is -0.404 e. The van der Waals surface area contributed by atoms with E-state index in [-0.39, 0.29) is 0 Å². The van der Waals surface area contributed by atoms with Gasteiger partial charge in [0.05, 0.1) is 5.69 Å². The van der Waals surface area contributed by atoms with Crippen molar-refractivity contribution in [2.45, 2.75) is 40.5 Å². The largest absolute Gasteiger partial charge is 0.404 e. The molecule has 2 aromatic rings. The van der Waals surface area contributed by atoms with Crippen molar-refractivity contribution in [2.24, 2.45) is 16.6 Å². The fourth-order valence-electron chi connectivity index (χ4n) is 2.97. The number of aromatic nitrogens is 1. The molecule has 2 N–H and O–H groups in total. The van der Waals surface area contributed by atoms with E-state index >= 15 is 0 Å². The summed E-state index contributed by atoms with van der Waals surface area (Å²) in [7, 11) is 0. The number of nitrogens with zero attached hydrogens (tertiary/aromatic N) is 2. The lowest BCUT2D eigenvalue weighted by molar-refractivity contribution is 0.585. The standard InChI is InChI=1S/C26H32FN3/c1-5-6-7-8-9-21-10-11-22(16-20(21)4)26-24(12-13-25(27)30-26)23(17-28)18-29-15-14-19(2)3/h6-13,16-19H,5,14-15,28H2,1-4H3/b7-6+,9-8-,23-17+,29-18?. The average Bonchev–Trinajstić information content (AvgIpc) is 2.72. The van der Waals surface area contributed by atoms with Crippen LogP contribution in [0.25, 0.3) is 22.9 Å². The Labute approximate surface area is 180 Å². The van der Waals surface area contributed by atoms with Gasteiger partial charge in [-0.1, -0.05) is 57.2 Å². The molecule has 0 amide bonds. The average molecular weight is 406 g/mol. The molecule has 1 aromatic carbocycles. The van der Waals surface area contributed by atoms with Gasteiger partial charge in [-0.2, -0.15) is 4.39 Å². The molecule has 1 aromatic heterocycles. The van der Waals surface area contributed by atoms with Gasteiger partial charge in [-0.05, 0) is 55.0 Å². The molecule has 158 valence electrons. The van der Waals surface area contributed by atoms with Crippen LogP contribution in [0.1, 0.15) is 50.3 Å². The first-order chi connectivity index (χ1) is 14.5. The van der Waals surface area contributed by atoms with Crippen LogP contribution < -0.4 is 5.73 Å². The first-order valence-corrected chi connectivity index (χ1v) is 10.5. The Morgan fingerprint density at radius 2 is 2.00 bits per heavy atom. The van der Waals surface area contributed by atoms with Gasteiger partial charge in [-0.3, -0.25) is 4.99 Å². The van der Waals surface area contributed by atoms with Crippen LogP contribution in [0.2, 0.25) is 0 Å². The summed E-state index contributed by atoms with van der Waals surface area (Å²) in [5, 5.41) is 0. The molecule has 0 aliphatic carbocycles. The summed E-state index contributed by atoms with van der Waals surface area (Å²) >= 11 is 0. The van der Waals surface area contributed by atoms with E-state index in [9.17, 15) is 4.39 Å². The highest BCUT2D eigenvalue weighted by Crippen LogP contribution is 2.28. The zero-order valence-corrected chi connectivity index (χ0v) is 18.4. The zero-order valence-electron chi connectivity index (χ0n) is 18.4. The highest BCUT2D eigenvalue weighted by atomic mass is 19.1.